The quantitative estimate of drug-likeness (QED) is 0.0503. The fraction of sp³-hybridized carbons (Fsp3) is 0.476. The monoisotopic (exact) mass is 1260 g/mol. The number of nitrogens with one attached hydrogen (secondary N) is 5. The first kappa shape index (κ1) is 65.4. The van der Waals surface area contributed by atoms with Crippen LogP contribution in [-0.4, -0.2) is 185 Å². The predicted octanol–water partition coefficient (Wildman–Crippen LogP) is 10.3. The lowest BCUT2D eigenvalue weighted by Crippen LogP contribution is -2.42. The predicted molar refractivity (Wildman–Crippen MR) is 352 cm³/mol. The summed E-state index contributed by atoms with van der Waals surface area (Å²) in [6, 6.07) is 9.05. The zero-order chi connectivity index (χ0) is 63.5. The van der Waals surface area contributed by atoms with Gasteiger partial charge in [-0.05, 0) is 138 Å². The Labute approximate surface area is 531 Å². The van der Waals surface area contributed by atoms with Crippen LogP contribution in [0.5, 0.6) is 11.5 Å². The molecule has 6 aromatic rings. The van der Waals surface area contributed by atoms with Gasteiger partial charge in [0.1, 0.15) is 17.1 Å². The molecule has 0 unspecified atom stereocenters. The van der Waals surface area contributed by atoms with Gasteiger partial charge in [0, 0.05) is 87.0 Å². The summed E-state index contributed by atoms with van der Waals surface area (Å²) in [5, 5.41) is 25.9. The Kier molecular flexibility index (Phi) is 21.7. The zero-order valence-electron chi connectivity index (χ0n) is 52.5. The van der Waals surface area contributed by atoms with Gasteiger partial charge in [-0.25, -0.2) is 24.7 Å². The standard InChI is InChI=1S/C34H46ClN9O4.C29H38ClN9O2/c1-8-30(45)38-26-17-27(29(47-7)18-28(26)42-13-9-23(10-14-42)41(5)6)39-32-36-20-25(35)31(40-32)22-19-37-44(21-22)24-11-15-43(16-12-24)33(46)48-34(2,3)4;1-5-27(40)34-23-14-24(26(41-4)15-25(23)38-12-8-20(9-13-38)37(2)3)35-29-32-17-22(30)28(36-29)19-16-33-39(18-19)21-6-10-31-11-7-21/h8,17-21,23-24H,1,9-16H2,2-7H3,(H,38,45)(H,36,39,40);5,14-18,20-21,31H,1,6-13H2,2-4H3,(H,34,40)(H,32,35,36). The van der Waals surface area contributed by atoms with E-state index in [0.29, 0.717) is 98.8 Å². The Morgan fingerprint density at radius 1 is 0.607 bits per heavy atom. The van der Waals surface area contributed by atoms with Crippen LogP contribution in [0.4, 0.5) is 50.8 Å². The topological polar surface area (TPSA) is 242 Å². The number of hydrogen-bond acceptors (Lipinski definition) is 19. The highest BCUT2D eigenvalue weighted by Gasteiger charge is 2.30. The van der Waals surface area contributed by atoms with Crippen LogP contribution in [0.15, 0.2) is 86.8 Å². The number of likely N-dealkylation sites (tertiary alicyclic amines) is 1. The summed E-state index contributed by atoms with van der Waals surface area (Å²) in [7, 11) is 11.7. The number of benzene rings is 2. The Morgan fingerprint density at radius 2 is 1.02 bits per heavy atom. The molecule has 4 aliphatic heterocycles. The van der Waals surface area contributed by atoms with E-state index in [0.717, 1.165) is 113 Å². The summed E-state index contributed by atoms with van der Waals surface area (Å²) in [6.07, 6.45) is 20.4. The molecule has 2 aromatic carbocycles. The fourth-order valence-corrected chi connectivity index (χ4v) is 11.9. The molecule has 0 aliphatic carbocycles. The van der Waals surface area contributed by atoms with Gasteiger partial charge in [-0.15, -0.1) is 0 Å². The minimum atomic E-state index is -0.531. The molecule has 5 N–H and O–H groups in total. The lowest BCUT2D eigenvalue weighted by molar-refractivity contribution is -0.112. The van der Waals surface area contributed by atoms with Gasteiger partial charge in [0.25, 0.3) is 0 Å². The minimum absolute atomic E-state index is 0.122. The van der Waals surface area contributed by atoms with E-state index in [1.165, 1.54) is 12.2 Å². The molecule has 10 rings (SSSR count). The number of amides is 3. The lowest BCUT2D eigenvalue weighted by Gasteiger charge is -2.37. The fourth-order valence-electron chi connectivity index (χ4n) is 11.5. The van der Waals surface area contributed by atoms with E-state index in [1.807, 2.05) is 66.8 Å². The van der Waals surface area contributed by atoms with Crippen molar-refractivity contribution in [1.29, 1.82) is 0 Å². The largest absolute Gasteiger partial charge is 0.494 e. The number of halogens is 2. The van der Waals surface area contributed by atoms with Crippen molar-refractivity contribution in [3.05, 3.63) is 96.8 Å². The van der Waals surface area contributed by atoms with Gasteiger partial charge in [0.05, 0.1) is 107 Å². The average Bonchev–Trinajstić information content (AvgIpc) is 3.68. The molecule has 89 heavy (non-hydrogen) atoms. The maximum atomic E-state index is 12.5. The third-order valence-electron chi connectivity index (χ3n) is 16.5. The van der Waals surface area contributed by atoms with Crippen molar-refractivity contribution in [2.24, 2.45) is 0 Å². The minimum Gasteiger partial charge on any atom is -0.494 e. The van der Waals surface area contributed by atoms with Crippen LogP contribution in [0.1, 0.15) is 84.2 Å². The molecule has 0 bridgehead atoms. The van der Waals surface area contributed by atoms with Crippen molar-refractivity contribution in [3.63, 3.8) is 0 Å². The maximum Gasteiger partial charge on any atom is 0.410 e. The molecular weight excluding hydrogens is 1180 g/mol. The smallest absolute Gasteiger partial charge is 0.410 e. The SMILES string of the molecule is C=CC(=O)Nc1cc(Nc2ncc(Cl)c(-c3cnn(C4CCN(C(=O)OC(C)(C)C)CC4)c3)n2)c(OC)cc1N1CCC(N(C)C)CC1.C=CC(=O)Nc1cc(Nc2ncc(Cl)c(-c3cnn(C4CCNCC4)c3)n2)c(OC)cc1N1CCC(N(C)C)CC1. The summed E-state index contributed by atoms with van der Waals surface area (Å²) in [5.74, 6) is 1.21. The zero-order valence-corrected chi connectivity index (χ0v) is 54.0. The van der Waals surface area contributed by atoms with Crippen LogP contribution in [-0.2, 0) is 14.3 Å². The third kappa shape index (κ3) is 16.6. The first-order chi connectivity index (χ1) is 42.7. The molecule has 0 spiro atoms. The highest BCUT2D eigenvalue weighted by molar-refractivity contribution is 6.33. The first-order valence-corrected chi connectivity index (χ1v) is 31.0. The van der Waals surface area contributed by atoms with Gasteiger partial charge in [-0.3, -0.25) is 19.0 Å². The number of rotatable bonds is 18. The molecule has 4 saturated heterocycles. The van der Waals surface area contributed by atoms with Gasteiger partial charge in [-0.1, -0.05) is 36.4 Å². The van der Waals surface area contributed by atoms with Gasteiger partial charge in [0.2, 0.25) is 23.7 Å². The summed E-state index contributed by atoms with van der Waals surface area (Å²) < 4.78 is 21.0. The summed E-state index contributed by atoms with van der Waals surface area (Å²) in [4.78, 5) is 66.4. The van der Waals surface area contributed by atoms with Gasteiger partial charge < -0.3 is 65.3 Å². The molecule has 0 atom stereocenters. The Morgan fingerprint density at radius 3 is 1.40 bits per heavy atom. The summed E-state index contributed by atoms with van der Waals surface area (Å²) in [6.45, 7) is 19.4. The number of aromatic nitrogens is 8. The van der Waals surface area contributed by atoms with Crippen LogP contribution in [0.3, 0.4) is 0 Å². The number of hydrogen-bond donors (Lipinski definition) is 5. The second kappa shape index (κ2) is 29.5. The van der Waals surface area contributed by atoms with Crippen molar-refractivity contribution >= 4 is 87.1 Å². The molecular formula is C63H84Cl2N18O6. The molecule has 4 fully saturated rings. The Bertz CT molecular complexity index is 3450. The van der Waals surface area contributed by atoms with Crippen LogP contribution in [0, 0.1) is 0 Å². The number of carbonyl (C=O) groups excluding carboxylic acids is 3. The summed E-state index contributed by atoms with van der Waals surface area (Å²) >= 11 is 13.1. The van der Waals surface area contributed by atoms with Crippen molar-refractivity contribution in [1.82, 2.24) is 59.5 Å². The van der Waals surface area contributed by atoms with E-state index < -0.39 is 5.60 Å². The molecule has 26 heteroatoms. The van der Waals surface area contributed by atoms with E-state index >= 15 is 0 Å². The van der Waals surface area contributed by atoms with Crippen molar-refractivity contribution in [2.75, 3.05) is 126 Å². The number of methoxy groups -OCH3 is 2. The molecule has 24 nitrogen and oxygen atoms in total. The number of ether oxygens (including phenoxy) is 3. The van der Waals surface area contributed by atoms with E-state index in [4.69, 9.17) is 47.4 Å². The van der Waals surface area contributed by atoms with Crippen molar-refractivity contribution < 1.29 is 28.6 Å². The molecule has 4 aromatic heterocycles. The molecule has 3 amide bonds. The highest BCUT2D eigenvalue weighted by atomic mass is 35.5. The van der Waals surface area contributed by atoms with E-state index in [-0.39, 0.29) is 23.9 Å². The second-order valence-corrected chi connectivity index (χ2v) is 24.8. The Balaban J connectivity index is 0.000000214. The van der Waals surface area contributed by atoms with Crippen molar-refractivity contribution in [2.45, 2.75) is 102 Å². The number of anilines is 8. The molecule has 8 heterocycles. The first-order valence-electron chi connectivity index (χ1n) is 30.2. The van der Waals surface area contributed by atoms with Crippen molar-refractivity contribution in [3.8, 4) is 34.0 Å². The lowest BCUT2D eigenvalue weighted by atomic mass is 10.0. The van der Waals surface area contributed by atoms with E-state index in [2.05, 4.69) is 108 Å². The average molecular weight is 1260 g/mol. The molecule has 4 aliphatic rings. The molecule has 0 radical (unpaired) electrons. The molecule has 0 saturated carbocycles. The number of piperidine rings is 4. The second-order valence-electron chi connectivity index (χ2n) is 24.0. The van der Waals surface area contributed by atoms with Crippen LogP contribution in [0.25, 0.3) is 22.5 Å². The van der Waals surface area contributed by atoms with Crippen LogP contribution in [0.2, 0.25) is 10.0 Å². The van der Waals surface area contributed by atoms with E-state index in [1.54, 1.807) is 43.9 Å². The van der Waals surface area contributed by atoms with Gasteiger partial charge >= 0.3 is 6.09 Å². The highest BCUT2D eigenvalue weighted by Crippen LogP contribution is 2.42. The van der Waals surface area contributed by atoms with Gasteiger partial charge in [0.15, 0.2) is 0 Å². The summed E-state index contributed by atoms with van der Waals surface area (Å²) in [5.41, 5.74) is 6.35. The maximum absolute atomic E-state index is 12.5. The third-order valence-corrected chi connectivity index (χ3v) is 17.1. The normalized spacial score (nSPS) is 16.3. The van der Waals surface area contributed by atoms with Crippen LogP contribution >= 0.6 is 23.2 Å². The number of nitrogens with zero attached hydrogens (tertiary/aromatic N) is 13. The van der Waals surface area contributed by atoms with Crippen LogP contribution < -0.4 is 45.9 Å². The Hall–Kier alpha value is -8.03. The number of carbonyl (C=O) groups is 3. The molecule has 476 valence electrons. The van der Waals surface area contributed by atoms with E-state index in [9.17, 15) is 14.4 Å². The van der Waals surface area contributed by atoms with Gasteiger partial charge in [-0.2, -0.15) is 10.2 Å².